The molecule has 0 fully saturated rings. The minimum Gasteiger partial charge on any atom is -0.302 e. The number of aromatic nitrogens is 4. The summed E-state index contributed by atoms with van der Waals surface area (Å²) >= 11 is 3.40. The van der Waals surface area contributed by atoms with Gasteiger partial charge in [0, 0.05) is 39.6 Å². The summed E-state index contributed by atoms with van der Waals surface area (Å²) in [7, 11) is 0. The van der Waals surface area contributed by atoms with Gasteiger partial charge in [-0.2, -0.15) is 0 Å². The number of nitrogens with zero attached hydrogens (tertiary/aromatic N) is 4. The number of thiazole rings is 2. The standard InChI is InChI=1S/C19H18N4S2/c1-12-10-24-18(21-12)9-19-22-16(11-25-19)15-8-13(2)23(14(15)3)17-6-4-5-7-20-17/h4-8,10-11H,9H2,1-3H3. The van der Waals surface area contributed by atoms with Gasteiger partial charge in [0.25, 0.3) is 0 Å². The largest absolute Gasteiger partial charge is 0.302 e. The zero-order valence-corrected chi connectivity index (χ0v) is 16.0. The van der Waals surface area contributed by atoms with Crippen LogP contribution in [0.2, 0.25) is 0 Å². The Bertz CT molecular complexity index is 1010. The van der Waals surface area contributed by atoms with E-state index < -0.39 is 0 Å². The van der Waals surface area contributed by atoms with Crippen molar-refractivity contribution in [2.24, 2.45) is 0 Å². The van der Waals surface area contributed by atoms with E-state index in [0.29, 0.717) is 0 Å². The van der Waals surface area contributed by atoms with Gasteiger partial charge in [-0.05, 0) is 39.0 Å². The van der Waals surface area contributed by atoms with E-state index in [1.807, 2.05) is 31.3 Å². The van der Waals surface area contributed by atoms with Crippen LogP contribution in [0, 0.1) is 20.8 Å². The number of aryl methyl sites for hydroxylation is 2. The second-order valence-corrected chi connectivity index (χ2v) is 7.88. The molecular weight excluding hydrogens is 348 g/mol. The van der Waals surface area contributed by atoms with Gasteiger partial charge in [0.05, 0.1) is 17.1 Å². The van der Waals surface area contributed by atoms with Crippen LogP contribution < -0.4 is 0 Å². The van der Waals surface area contributed by atoms with Gasteiger partial charge in [0.2, 0.25) is 0 Å². The van der Waals surface area contributed by atoms with Gasteiger partial charge >= 0.3 is 0 Å². The van der Waals surface area contributed by atoms with Gasteiger partial charge in [-0.3, -0.25) is 0 Å². The minimum absolute atomic E-state index is 0.808. The molecule has 4 aromatic heterocycles. The lowest BCUT2D eigenvalue weighted by Gasteiger charge is -2.08. The third kappa shape index (κ3) is 3.15. The monoisotopic (exact) mass is 366 g/mol. The van der Waals surface area contributed by atoms with Crippen molar-refractivity contribution in [3.8, 4) is 17.1 Å². The summed E-state index contributed by atoms with van der Waals surface area (Å²) in [5.74, 6) is 0.942. The number of rotatable bonds is 4. The van der Waals surface area contributed by atoms with Gasteiger partial charge in [-0.15, -0.1) is 22.7 Å². The van der Waals surface area contributed by atoms with E-state index in [9.17, 15) is 0 Å². The van der Waals surface area contributed by atoms with Crippen molar-refractivity contribution in [3.05, 3.63) is 68.3 Å². The molecule has 0 aromatic carbocycles. The van der Waals surface area contributed by atoms with E-state index in [2.05, 4.69) is 45.2 Å². The first-order valence-corrected chi connectivity index (χ1v) is 9.84. The molecular formula is C19H18N4S2. The third-order valence-corrected chi connectivity index (χ3v) is 5.92. The predicted molar refractivity (Wildman–Crippen MR) is 104 cm³/mol. The maximum atomic E-state index is 4.85. The van der Waals surface area contributed by atoms with Crippen LogP contribution in [0.4, 0.5) is 0 Å². The lowest BCUT2D eigenvalue weighted by Crippen LogP contribution is -2.01. The molecule has 0 saturated carbocycles. The average Bonchev–Trinajstić information content (AvgIpc) is 3.29. The Morgan fingerprint density at radius 3 is 2.52 bits per heavy atom. The number of hydrogen-bond acceptors (Lipinski definition) is 5. The van der Waals surface area contributed by atoms with Gasteiger partial charge in [-0.25, -0.2) is 15.0 Å². The van der Waals surface area contributed by atoms with Crippen molar-refractivity contribution in [1.82, 2.24) is 19.5 Å². The summed E-state index contributed by atoms with van der Waals surface area (Å²) in [6, 6.07) is 8.17. The molecule has 126 valence electrons. The van der Waals surface area contributed by atoms with E-state index in [1.54, 1.807) is 22.7 Å². The maximum absolute atomic E-state index is 4.85. The molecule has 0 radical (unpaired) electrons. The summed E-state index contributed by atoms with van der Waals surface area (Å²) in [6.45, 7) is 6.26. The van der Waals surface area contributed by atoms with E-state index in [-0.39, 0.29) is 0 Å². The van der Waals surface area contributed by atoms with E-state index >= 15 is 0 Å². The Balaban J connectivity index is 1.67. The Morgan fingerprint density at radius 1 is 1.00 bits per heavy atom. The van der Waals surface area contributed by atoms with Gasteiger partial charge in [0.15, 0.2) is 0 Å². The van der Waals surface area contributed by atoms with Crippen LogP contribution >= 0.6 is 22.7 Å². The Hall–Kier alpha value is -2.31. The van der Waals surface area contributed by atoms with Crippen LogP contribution in [0.1, 0.15) is 27.1 Å². The summed E-state index contributed by atoms with van der Waals surface area (Å²) in [6.07, 6.45) is 2.63. The lowest BCUT2D eigenvalue weighted by molar-refractivity contribution is 0.923. The van der Waals surface area contributed by atoms with Gasteiger partial charge < -0.3 is 4.57 Å². The van der Waals surface area contributed by atoms with Gasteiger partial charge in [-0.1, -0.05) is 6.07 Å². The second-order valence-electron chi connectivity index (χ2n) is 5.99. The van der Waals surface area contributed by atoms with Crippen LogP contribution in [-0.2, 0) is 6.42 Å². The van der Waals surface area contributed by atoms with Crippen LogP contribution in [-0.4, -0.2) is 19.5 Å². The van der Waals surface area contributed by atoms with Crippen molar-refractivity contribution in [1.29, 1.82) is 0 Å². The van der Waals surface area contributed by atoms with E-state index in [4.69, 9.17) is 4.98 Å². The molecule has 4 rings (SSSR count). The smallest absolute Gasteiger partial charge is 0.136 e. The topological polar surface area (TPSA) is 43.6 Å². The van der Waals surface area contributed by atoms with Crippen LogP contribution in [0.3, 0.4) is 0 Å². The zero-order valence-electron chi connectivity index (χ0n) is 14.4. The summed E-state index contributed by atoms with van der Waals surface area (Å²) in [4.78, 5) is 13.9. The van der Waals surface area contributed by atoms with Crippen molar-refractivity contribution in [2.45, 2.75) is 27.2 Å². The van der Waals surface area contributed by atoms with Crippen molar-refractivity contribution < 1.29 is 0 Å². The molecule has 4 nitrogen and oxygen atoms in total. The first-order chi connectivity index (χ1) is 12.1. The molecule has 0 aliphatic heterocycles. The first kappa shape index (κ1) is 16.2. The maximum Gasteiger partial charge on any atom is 0.136 e. The third-order valence-electron chi connectivity index (χ3n) is 4.11. The quantitative estimate of drug-likeness (QED) is 0.512. The van der Waals surface area contributed by atoms with Crippen molar-refractivity contribution in [2.75, 3.05) is 0 Å². The molecule has 0 unspecified atom stereocenters. The first-order valence-electron chi connectivity index (χ1n) is 8.08. The Kier molecular flexibility index (Phi) is 4.23. The van der Waals surface area contributed by atoms with Crippen LogP contribution in [0.15, 0.2) is 41.2 Å². The lowest BCUT2D eigenvalue weighted by atomic mass is 10.2. The molecule has 0 N–H and O–H groups in total. The fraction of sp³-hybridized carbons (Fsp3) is 0.211. The molecule has 25 heavy (non-hydrogen) atoms. The highest BCUT2D eigenvalue weighted by molar-refractivity contribution is 7.11. The molecule has 0 aliphatic carbocycles. The number of hydrogen-bond donors (Lipinski definition) is 0. The Morgan fingerprint density at radius 2 is 1.80 bits per heavy atom. The molecule has 0 atom stereocenters. The van der Waals surface area contributed by atoms with Crippen molar-refractivity contribution >= 4 is 22.7 Å². The van der Waals surface area contributed by atoms with Crippen molar-refractivity contribution in [3.63, 3.8) is 0 Å². The molecule has 6 heteroatoms. The molecule has 0 saturated heterocycles. The van der Waals surface area contributed by atoms with Crippen LogP contribution in [0.5, 0.6) is 0 Å². The van der Waals surface area contributed by atoms with Gasteiger partial charge in [0.1, 0.15) is 10.8 Å². The average molecular weight is 367 g/mol. The summed E-state index contributed by atoms with van der Waals surface area (Å²) in [5, 5.41) is 6.45. The summed E-state index contributed by atoms with van der Waals surface area (Å²) in [5.41, 5.74) is 5.61. The fourth-order valence-corrected chi connectivity index (χ4v) is 4.66. The molecule has 0 bridgehead atoms. The SMILES string of the molecule is Cc1csc(Cc2nc(-c3cc(C)n(-c4ccccn4)c3C)cs2)n1. The Labute approximate surface area is 154 Å². The van der Waals surface area contributed by atoms with E-state index in [0.717, 1.165) is 45.0 Å². The molecule has 0 amide bonds. The predicted octanol–water partition coefficient (Wildman–Crippen LogP) is 4.97. The molecule has 4 heterocycles. The second kappa shape index (κ2) is 6.54. The fourth-order valence-electron chi connectivity index (χ4n) is 2.99. The zero-order chi connectivity index (χ0) is 17.4. The minimum atomic E-state index is 0.808. The number of pyridine rings is 1. The highest BCUT2D eigenvalue weighted by Crippen LogP contribution is 2.30. The highest BCUT2D eigenvalue weighted by atomic mass is 32.1. The van der Waals surface area contributed by atoms with Crippen LogP contribution in [0.25, 0.3) is 17.1 Å². The summed E-state index contributed by atoms with van der Waals surface area (Å²) < 4.78 is 2.18. The molecule has 0 spiro atoms. The van der Waals surface area contributed by atoms with E-state index in [1.165, 1.54) is 5.56 Å². The molecule has 0 aliphatic rings. The normalized spacial score (nSPS) is 11.2. The molecule has 4 aromatic rings. The highest BCUT2D eigenvalue weighted by Gasteiger charge is 2.15.